The van der Waals surface area contributed by atoms with Crippen LogP contribution in [0.15, 0.2) is 51.9 Å². The lowest BCUT2D eigenvalue weighted by Gasteiger charge is -2.26. The normalized spacial score (nSPS) is 14.5. The monoisotopic (exact) mass is 473 g/mol. The van der Waals surface area contributed by atoms with Gasteiger partial charge in [-0.3, -0.25) is 4.79 Å². The fraction of sp³-hybridized carbons (Fsp3) is 0.286. The van der Waals surface area contributed by atoms with E-state index in [1.165, 1.54) is 19.2 Å². The molecular formula is C21H23N5O6S. The largest absolute Gasteiger partial charge is 0.497 e. The molecule has 1 fully saturated rings. The fourth-order valence-corrected chi connectivity index (χ4v) is 4.78. The highest BCUT2D eigenvalue weighted by Crippen LogP contribution is 2.31. The fourth-order valence-electron chi connectivity index (χ4n) is 3.33. The van der Waals surface area contributed by atoms with Crippen LogP contribution < -0.4 is 20.1 Å². The minimum atomic E-state index is -3.79. The van der Waals surface area contributed by atoms with Crippen molar-refractivity contribution in [2.24, 2.45) is 0 Å². The maximum absolute atomic E-state index is 12.9. The van der Waals surface area contributed by atoms with Crippen LogP contribution in [0.2, 0.25) is 0 Å². The summed E-state index contributed by atoms with van der Waals surface area (Å²) < 4.78 is 42.8. The molecule has 1 amide bonds. The molecule has 174 valence electrons. The molecule has 33 heavy (non-hydrogen) atoms. The van der Waals surface area contributed by atoms with E-state index in [2.05, 4.69) is 20.8 Å². The first-order chi connectivity index (χ1) is 15.9. The van der Waals surface area contributed by atoms with Crippen molar-refractivity contribution in [2.45, 2.75) is 11.4 Å². The summed E-state index contributed by atoms with van der Waals surface area (Å²) in [6, 6.07) is 11.6. The van der Waals surface area contributed by atoms with Crippen LogP contribution in [-0.2, 0) is 21.4 Å². The van der Waals surface area contributed by atoms with Crippen LogP contribution in [0.5, 0.6) is 11.5 Å². The smallest absolute Gasteiger partial charge is 0.246 e. The Hall–Kier alpha value is -3.64. The molecule has 1 aliphatic rings. The summed E-state index contributed by atoms with van der Waals surface area (Å²) >= 11 is 0. The first kappa shape index (κ1) is 22.6. The average Bonchev–Trinajstić information content (AvgIpc) is 3.31. The molecule has 0 saturated carbocycles. The third kappa shape index (κ3) is 4.91. The van der Waals surface area contributed by atoms with Crippen molar-refractivity contribution in [1.29, 1.82) is 0 Å². The van der Waals surface area contributed by atoms with Gasteiger partial charge in [0.15, 0.2) is 0 Å². The second-order valence-corrected chi connectivity index (χ2v) is 9.09. The summed E-state index contributed by atoms with van der Waals surface area (Å²) in [5.41, 5.74) is 1.20. The number of anilines is 1. The van der Waals surface area contributed by atoms with Crippen LogP contribution >= 0.6 is 0 Å². The molecule has 1 aliphatic heterocycles. The zero-order valence-corrected chi connectivity index (χ0v) is 18.9. The lowest BCUT2D eigenvalue weighted by Crippen LogP contribution is -2.49. The van der Waals surface area contributed by atoms with Gasteiger partial charge in [0, 0.05) is 24.8 Å². The SMILES string of the molecule is COc1ccc(-c2noc(CNc3cccc(S(=O)(=O)N4CCNC(=O)C4)c3)n2)c(OC)c1. The number of nitrogens with one attached hydrogen (secondary N) is 2. The summed E-state index contributed by atoms with van der Waals surface area (Å²) in [7, 11) is -0.683. The Morgan fingerprint density at radius 2 is 2.03 bits per heavy atom. The molecule has 2 N–H and O–H groups in total. The molecule has 2 aromatic carbocycles. The van der Waals surface area contributed by atoms with Crippen LogP contribution in [0.1, 0.15) is 5.89 Å². The Morgan fingerprint density at radius 1 is 1.18 bits per heavy atom. The van der Waals surface area contributed by atoms with Crippen molar-refractivity contribution < 1.29 is 27.2 Å². The van der Waals surface area contributed by atoms with Gasteiger partial charge in [-0.1, -0.05) is 11.2 Å². The molecule has 1 saturated heterocycles. The summed E-state index contributed by atoms with van der Waals surface area (Å²) in [5.74, 6) is 1.52. The molecule has 0 spiro atoms. The quantitative estimate of drug-likeness (QED) is 0.499. The molecule has 4 rings (SSSR count). The number of carbonyl (C=O) groups is 1. The zero-order valence-electron chi connectivity index (χ0n) is 18.1. The number of ether oxygens (including phenoxy) is 2. The first-order valence-corrected chi connectivity index (χ1v) is 11.5. The van der Waals surface area contributed by atoms with Crippen LogP contribution in [0, 0.1) is 0 Å². The van der Waals surface area contributed by atoms with Gasteiger partial charge >= 0.3 is 0 Å². The molecule has 12 heteroatoms. The van der Waals surface area contributed by atoms with Crippen LogP contribution in [0.3, 0.4) is 0 Å². The van der Waals surface area contributed by atoms with Gasteiger partial charge in [0.25, 0.3) is 0 Å². The number of rotatable bonds is 8. The summed E-state index contributed by atoms with van der Waals surface area (Å²) in [5, 5.41) is 9.70. The lowest BCUT2D eigenvalue weighted by molar-refractivity contribution is -0.122. The van der Waals surface area contributed by atoms with Crippen LogP contribution in [0.4, 0.5) is 5.69 Å². The molecule has 0 atom stereocenters. The van der Waals surface area contributed by atoms with Crippen molar-refractivity contribution in [2.75, 3.05) is 39.2 Å². The number of amides is 1. The van der Waals surface area contributed by atoms with E-state index in [-0.39, 0.29) is 37.0 Å². The van der Waals surface area contributed by atoms with Crippen molar-refractivity contribution in [3.05, 3.63) is 48.4 Å². The maximum Gasteiger partial charge on any atom is 0.246 e. The summed E-state index contributed by atoms with van der Waals surface area (Å²) in [6.07, 6.45) is 0. The predicted molar refractivity (Wildman–Crippen MR) is 118 cm³/mol. The minimum absolute atomic E-state index is 0.0939. The van der Waals surface area contributed by atoms with E-state index in [1.807, 2.05) is 0 Å². The molecule has 11 nitrogen and oxygen atoms in total. The van der Waals surface area contributed by atoms with Gasteiger partial charge < -0.3 is 24.6 Å². The molecule has 1 aromatic heterocycles. The maximum atomic E-state index is 12.9. The van der Waals surface area contributed by atoms with E-state index in [0.29, 0.717) is 34.5 Å². The Labute approximate surface area is 190 Å². The third-order valence-corrected chi connectivity index (χ3v) is 6.88. The van der Waals surface area contributed by atoms with E-state index in [9.17, 15) is 13.2 Å². The Morgan fingerprint density at radius 3 is 2.79 bits per heavy atom. The summed E-state index contributed by atoms with van der Waals surface area (Å²) in [4.78, 5) is 16.1. The van der Waals surface area contributed by atoms with Crippen molar-refractivity contribution in [3.63, 3.8) is 0 Å². The number of sulfonamides is 1. The van der Waals surface area contributed by atoms with Crippen LogP contribution in [0.25, 0.3) is 11.4 Å². The first-order valence-electron chi connectivity index (χ1n) is 10.1. The highest BCUT2D eigenvalue weighted by Gasteiger charge is 2.29. The van der Waals surface area contributed by atoms with Gasteiger partial charge in [-0.2, -0.15) is 9.29 Å². The van der Waals surface area contributed by atoms with Crippen molar-refractivity contribution in [1.82, 2.24) is 19.8 Å². The number of nitrogens with zero attached hydrogens (tertiary/aromatic N) is 3. The number of benzene rings is 2. The van der Waals surface area contributed by atoms with Crippen molar-refractivity contribution >= 4 is 21.6 Å². The average molecular weight is 474 g/mol. The Balaban J connectivity index is 1.47. The number of hydrogen-bond donors (Lipinski definition) is 2. The van der Waals surface area contributed by atoms with E-state index in [4.69, 9.17) is 14.0 Å². The van der Waals surface area contributed by atoms with E-state index in [0.717, 1.165) is 4.31 Å². The van der Waals surface area contributed by atoms with Crippen molar-refractivity contribution in [3.8, 4) is 22.9 Å². The standard InChI is InChI=1S/C21H23N5O6S/c1-30-15-6-7-17(18(11-15)31-2)21-24-20(32-25-21)12-23-14-4-3-5-16(10-14)33(28,29)26-9-8-22-19(27)13-26/h3-7,10-11,23H,8-9,12-13H2,1-2H3,(H,22,27). The van der Waals surface area contributed by atoms with Crippen LogP contribution in [-0.4, -0.2) is 62.6 Å². The molecule has 2 heterocycles. The zero-order chi connectivity index (χ0) is 23.4. The Kier molecular flexibility index (Phi) is 6.47. The van der Waals surface area contributed by atoms with Gasteiger partial charge in [0.2, 0.25) is 27.6 Å². The molecule has 0 unspecified atom stereocenters. The highest BCUT2D eigenvalue weighted by atomic mass is 32.2. The minimum Gasteiger partial charge on any atom is -0.497 e. The topological polar surface area (TPSA) is 136 Å². The highest BCUT2D eigenvalue weighted by molar-refractivity contribution is 7.89. The van der Waals surface area contributed by atoms with Gasteiger partial charge in [-0.15, -0.1) is 0 Å². The van der Waals surface area contributed by atoms with E-state index < -0.39 is 10.0 Å². The number of methoxy groups -OCH3 is 2. The van der Waals surface area contributed by atoms with Gasteiger partial charge in [-0.05, 0) is 30.3 Å². The lowest BCUT2D eigenvalue weighted by atomic mass is 10.2. The summed E-state index contributed by atoms with van der Waals surface area (Å²) in [6.45, 7) is 0.500. The van der Waals surface area contributed by atoms with E-state index >= 15 is 0 Å². The predicted octanol–water partition coefficient (Wildman–Crippen LogP) is 1.49. The number of carbonyl (C=O) groups excluding carboxylic acids is 1. The molecular weight excluding hydrogens is 450 g/mol. The Bertz CT molecular complexity index is 1260. The second-order valence-electron chi connectivity index (χ2n) is 7.15. The number of piperazine rings is 1. The van der Waals surface area contributed by atoms with Gasteiger partial charge in [0.1, 0.15) is 11.5 Å². The molecule has 0 bridgehead atoms. The molecule has 3 aromatic rings. The third-order valence-electron chi connectivity index (χ3n) is 5.04. The number of hydrogen-bond acceptors (Lipinski definition) is 9. The molecule has 0 radical (unpaired) electrons. The number of aromatic nitrogens is 2. The molecule has 0 aliphatic carbocycles. The second kappa shape index (κ2) is 9.46. The van der Waals surface area contributed by atoms with Gasteiger partial charge in [-0.25, -0.2) is 8.42 Å². The van der Waals surface area contributed by atoms with E-state index in [1.54, 1.807) is 37.4 Å². The van der Waals surface area contributed by atoms with Gasteiger partial charge in [0.05, 0.1) is 37.8 Å².